The zero-order valence-electron chi connectivity index (χ0n) is 16.5. The molecule has 0 saturated heterocycles. The molecule has 0 aromatic heterocycles. The van der Waals surface area contributed by atoms with Crippen LogP contribution in [-0.4, -0.2) is 7.11 Å². The summed E-state index contributed by atoms with van der Waals surface area (Å²) < 4.78 is 5.57. The Labute approximate surface area is 148 Å². The predicted octanol–water partition coefficient (Wildman–Crippen LogP) is 6.06. The van der Waals surface area contributed by atoms with E-state index in [1.165, 1.54) is 44.1 Å². The van der Waals surface area contributed by atoms with Gasteiger partial charge in [0.15, 0.2) is 0 Å². The van der Waals surface area contributed by atoms with E-state index in [9.17, 15) is 0 Å². The molecular weight excluding hydrogens is 292 g/mol. The zero-order valence-corrected chi connectivity index (χ0v) is 16.5. The average Bonchev–Trinajstić information content (AvgIpc) is 2.80. The lowest BCUT2D eigenvalue weighted by Crippen LogP contribution is -2.55. The summed E-state index contributed by atoms with van der Waals surface area (Å²) in [4.78, 5) is 0. The van der Waals surface area contributed by atoms with Crippen molar-refractivity contribution in [3.05, 3.63) is 28.8 Å². The van der Waals surface area contributed by atoms with Crippen LogP contribution in [0.2, 0.25) is 0 Å². The van der Waals surface area contributed by atoms with Crippen LogP contribution in [0.25, 0.3) is 0 Å². The fourth-order valence-corrected chi connectivity index (χ4v) is 7.55. The monoisotopic (exact) mass is 326 g/mol. The normalized spacial score (nSPS) is 39.8. The second-order valence-electron chi connectivity index (χ2n) is 10.1. The minimum atomic E-state index is 0.365. The summed E-state index contributed by atoms with van der Waals surface area (Å²) in [6.45, 7) is 12.6. The Kier molecular flexibility index (Phi) is 3.45. The van der Waals surface area contributed by atoms with Crippen molar-refractivity contribution >= 4 is 0 Å². The van der Waals surface area contributed by atoms with E-state index in [0.29, 0.717) is 16.2 Å². The number of hydrogen-bond acceptors (Lipinski definition) is 1. The summed E-state index contributed by atoms with van der Waals surface area (Å²) in [6.07, 6.45) is 8.27. The van der Waals surface area contributed by atoms with E-state index < -0.39 is 0 Å². The summed E-state index contributed by atoms with van der Waals surface area (Å²) in [6, 6.07) is 4.59. The van der Waals surface area contributed by atoms with Gasteiger partial charge in [-0.25, -0.2) is 0 Å². The summed E-state index contributed by atoms with van der Waals surface area (Å²) in [7, 11) is 1.80. The summed E-state index contributed by atoms with van der Waals surface area (Å²) in [5.41, 5.74) is 6.06. The van der Waals surface area contributed by atoms with E-state index in [4.69, 9.17) is 4.74 Å². The third-order valence-corrected chi connectivity index (χ3v) is 8.41. The van der Waals surface area contributed by atoms with Crippen molar-refractivity contribution in [1.82, 2.24) is 0 Å². The number of benzene rings is 1. The van der Waals surface area contributed by atoms with Gasteiger partial charge >= 0.3 is 0 Å². The lowest BCUT2D eigenvalue weighted by atomic mass is 9.43. The first-order chi connectivity index (χ1) is 11.2. The lowest BCUT2D eigenvalue weighted by Gasteiger charge is -2.61. The number of rotatable bonds is 1. The maximum Gasteiger partial charge on any atom is 0.119 e. The van der Waals surface area contributed by atoms with Crippen LogP contribution in [0.15, 0.2) is 12.1 Å². The first-order valence-corrected chi connectivity index (χ1v) is 9.90. The van der Waals surface area contributed by atoms with E-state index in [1.807, 2.05) is 0 Å². The van der Waals surface area contributed by atoms with Crippen LogP contribution in [0.4, 0.5) is 0 Å². The van der Waals surface area contributed by atoms with Crippen molar-refractivity contribution in [3.8, 4) is 5.75 Å². The fourth-order valence-electron chi connectivity index (χ4n) is 7.55. The molecule has 3 aliphatic rings. The molecule has 1 aromatic carbocycles. The van der Waals surface area contributed by atoms with Gasteiger partial charge < -0.3 is 4.74 Å². The number of aryl methyl sites for hydroxylation is 1. The Hall–Kier alpha value is -0.980. The summed E-state index contributed by atoms with van der Waals surface area (Å²) in [5.74, 6) is 2.72. The Bertz CT molecular complexity index is 673. The van der Waals surface area contributed by atoms with Crippen molar-refractivity contribution in [1.29, 1.82) is 0 Å². The molecule has 1 aromatic rings. The van der Waals surface area contributed by atoms with E-state index in [1.54, 1.807) is 18.2 Å². The van der Waals surface area contributed by atoms with Crippen LogP contribution in [-0.2, 0) is 11.8 Å². The van der Waals surface area contributed by atoms with E-state index in [-0.39, 0.29) is 0 Å². The van der Waals surface area contributed by atoms with Crippen LogP contribution in [0, 0.1) is 29.6 Å². The van der Waals surface area contributed by atoms with Gasteiger partial charge in [-0.2, -0.15) is 0 Å². The Morgan fingerprint density at radius 1 is 1.00 bits per heavy atom. The molecule has 2 fully saturated rings. The molecule has 0 heterocycles. The van der Waals surface area contributed by atoms with Crippen molar-refractivity contribution in [2.24, 2.45) is 22.7 Å². The highest BCUT2D eigenvalue weighted by Gasteiger charge is 2.61. The molecule has 0 amide bonds. The van der Waals surface area contributed by atoms with Gasteiger partial charge in [-0.05, 0) is 95.9 Å². The molecule has 4 rings (SSSR count). The number of ether oxygens (including phenoxy) is 1. The highest BCUT2D eigenvalue weighted by Crippen LogP contribution is 2.67. The van der Waals surface area contributed by atoms with Crippen LogP contribution in [0.3, 0.4) is 0 Å². The molecule has 24 heavy (non-hydrogen) atoms. The highest BCUT2D eigenvalue weighted by molar-refractivity contribution is 5.51. The standard InChI is InChI=1S/C23H34O/c1-15-12-17(24-6)13-16-14-19-22(4)10-7-9-21(2,3)18(22)8-11-23(19,5)20(15)16/h12-13,18-19H,7-11,14H2,1-6H3/t18?,19-,22+,23-/m1/s1. The Balaban J connectivity index is 1.82. The van der Waals surface area contributed by atoms with Crippen LogP contribution in [0.5, 0.6) is 5.75 Å². The molecule has 1 nitrogen and oxygen atoms in total. The molecule has 3 aliphatic carbocycles. The quantitative estimate of drug-likeness (QED) is 0.609. The first-order valence-electron chi connectivity index (χ1n) is 9.90. The van der Waals surface area contributed by atoms with Crippen molar-refractivity contribution in [2.45, 2.75) is 78.6 Å². The fraction of sp³-hybridized carbons (Fsp3) is 0.739. The molecule has 132 valence electrons. The van der Waals surface area contributed by atoms with Crippen molar-refractivity contribution in [3.63, 3.8) is 0 Å². The van der Waals surface area contributed by atoms with Gasteiger partial charge in [0.1, 0.15) is 5.75 Å². The maximum atomic E-state index is 5.57. The Morgan fingerprint density at radius 2 is 1.75 bits per heavy atom. The predicted molar refractivity (Wildman–Crippen MR) is 101 cm³/mol. The van der Waals surface area contributed by atoms with Gasteiger partial charge in [0, 0.05) is 0 Å². The van der Waals surface area contributed by atoms with Gasteiger partial charge in [0.05, 0.1) is 7.11 Å². The molecule has 0 bridgehead atoms. The largest absolute Gasteiger partial charge is 0.497 e. The SMILES string of the molecule is COc1cc(C)c2c(c1)C[C@H]1[C@@]2(C)CCC2C(C)(C)CCC[C@@]21C. The van der Waals surface area contributed by atoms with Gasteiger partial charge in [-0.1, -0.05) is 34.1 Å². The number of hydrogen-bond donors (Lipinski definition) is 0. The third kappa shape index (κ3) is 1.99. The van der Waals surface area contributed by atoms with E-state index in [0.717, 1.165) is 17.6 Å². The molecule has 0 spiro atoms. The van der Waals surface area contributed by atoms with Crippen LogP contribution in [0.1, 0.15) is 76.5 Å². The molecule has 0 radical (unpaired) electrons. The highest BCUT2D eigenvalue weighted by atomic mass is 16.5. The minimum absolute atomic E-state index is 0.365. The lowest BCUT2D eigenvalue weighted by molar-refractivity contribution is -0.0983. The first kappa shape index (κ1) is 16.5. The van der Waals surface area contributed by atoms with Crippen LogP contribution >= 0.6 is 0 Å². The zero-order chi connectivity index (χ0) is 17.3. The minimum Gasteiger partial charge on any atom is -0.497 e. The molecule has 2 saturated carbocycles. The molecule has 0 N–H and O–H groups in total. The molecule has 1 unspecified atom stereocenters. The average molecular weight is 327 g/mol. The van der Waals surface area contributed by atoms with Crippen LogP contribution < -0.4 is 4.74 Å². The maximum absolute atomic E-state index is 5.57. The third-order valence-electron chi connectivity index (χ3n) is 8.41. The number of methoxy groups -OCH3 is 1. The van der Waals surface area contributed by atoms with Gasteiger partial charge in [0.2, 0.25) is 0 Å². The van der Waals surface area contributed by atoms with Gasteiger partial charge in [-0.3, -0.25) is 0 Å². The second-order valence-corrected chi connectivity index (χ2v) is 10.1. The van der Waals surface area contributed by atoms with E-state index >= 15 is 0 Å². The Morgan fingerprint density at radius 3 is 2.46 bits per heavy atom. The second kappa shape index (κ2) is 5.02. The molecule has 0 aliphatic heterocycles. The molecule has 4 atom stereocenters. The topological polar surface area (TPSA) is 9.23 Å². The summed E-state index contributed by atoms with van der Waals surface area (Å²) in [5, 5.41) is 0. The molecular formula is C23H34O. The van der Waals surface area contributed by atoms with Crippen molar-refractivity contribution < 1.29 is 4.74 Å². The van der Waals surface area contributed by atoms with Gasteiger partial charge in [-0.15, -0.1) is 0 Å². The number of fused-ring (bicyclic) bond motifs is 5. The summed E-state index contributed by atoms with van der Waals surface area (Å²) >= 11 is 0. The smallest absolute Gasteiger partial charge is 0.119 e. The van der Waals surface area contributed by atoms with Gasteiger partial charge in [0.25, 0.3) is 0 Å². The van der Waals surface area contributed by atoms with Crippen molar-refractivity contribution in [2.75, 3.05) is 7.11 Å². The molecule has 1 heteroatoms. The van der Waals surface area contributed by atoms with E-state index in [2.05, 4.69) is 46.8 Å².